The Morgan fingerprint density at radius 3 is 2.68 bits per heavy atom. The Morgan fingerprint density at radius 1 is 1.45 bits per heavy atom. The minimum absolute atomic E-state index is 0.272. The van der Waals surface area contributed by atoms with Gasteiger partial charge in [-0.1, -0.05) is 0 Å². The zero-order chi connectivity index (χ0) is 16.7. The Morgan fingerprint density at radius 2 is 2.09 bits per heavy atom. The summed E-state index contributed by atoms with van der Waals surface area (Å²) in [7, 11) is 1.70. The number of aromatic nitrogens is 2. The molecule has 1 aromatic rings. The zero-order valence-corrected chi connectivity index (χ0v) is 14.7. The van der Waals surface area contributed by atoms with E-state index in [1.807, 2.05) is 0 Å². The normalized spacial score (nSPS) is 29.0. The number of aliphatic hydroxyl groups is 2. The molecule has 3 N–H and O–H groups in total. The van der Waals surface area contributed by atoms with Crippen LogP contribution in [0.5, 0.6) is 0 Å². The highest BCUT2D eigenvalue weighted by Gasteiger charge is 2.44. The van der Waals surface area contributed by atoms with E-state index in [9.17, 15) is 15.0 Å². The van der Waals surface area contributed by atoms with Crippen molar-refractivity contribution >= 4 is 25.4 Å². The minimum Gasteiger partial charge on any atom is -0.388 e. The van der Waals surface area contributed by atoms with E-state index < -0.39 is 36.9 Å². The molecular formula is C14H23N2O4PS. The number of hydrogen-bond donors (Lipinski definition) is 3. The van der Waals surface area contributed by atoms with E-state index in [2.05, 4.69) is 24.6 Å². The molecule has 0 radical (unpaired) electrons. The number of rotatable bonds is 4. The fourth-order valence-corrected chi connectivity index (χ4v) is 3.61. The third-order valence-corrected chi connectivity index (χ3v) is 5.68. The van der Waals surface area contributed by atoms with Gasteiger partial charge in [0.25, 0.3) is 5.56 Å². The van der Waals surface area contributed by atoms with Crippen molar-refractivity contribution in [3.8, 4) is 0 Å². The van der Waals surface area contributed by atoms with Crippen molar-refractivity contribution in [2.45, 2.75) is 30.8 Å². The Hall–Kier alpha value is -0.720. The second kappa shape index (κ2) is 6.42. The molecule has 0 aliphatic carbocycles. The van der Waals surface area contributed by atoms with Gasteiger partial charge in [-0.25, -0.2) is 0 Å². The summed E-state index contributed by atoms with van der Waals surface area (Å²) >= 11 is 4.98. The van der Waals surface area contributed by atoms with Gasteiger partial charge in [0.1, 0.15) is 18.3 Å². The first kappa shape index (κ1) is 17.6. The predicted molar refractivity (Wildman–Crippen MR) is 91.9 cm³/mol. The van der Waals surface area contributed by atoms with Gasteiger partial charge in [0, 0.05) is 13.2 Å². The van der Waals surface area contributed by atoms with Crippen molar-refractivity contribution in [1.29, 1.82) is 0 Å². The monoisotopic (exact) mass is 346 g/mol. The van der Waals surface area contributed by atoms with Crippen molar-refractivity contribution in [3.63, 3.8) is 0 Å². The quantitative estimate of drug-likeness (QED) is 0.552. The molecule has 2 rings (SSSR count). The summed E-state index contributed by atoms with van der Waals surface area (Å²) in [6.07, 6.45) is 3.65. The third kappa shape index (κ3) is 3.78. The summed E-state index contributed by atoms with van der Waals surface area (Å²) in [4.78, 5) is 14.6. The third-order valence-electron chi connectivity index (χ3n) is 3.82. The lowest BCUT2D eigenvalue weighted by Gasteiger charge is -2.18. The first-order valence-electron chi connectivity index (χ1n) is 7.09. The first-order chi connectivity index (χ1) is 10.1. The summed E-state index contributed by atoms with van der Waals surface area (Å²) in [5, 5.41) is 20.4. The van der Waals surface area contributed by atoms with Crippen molar-refractivity contribution in [2.75, 3.05) is 19.5 Å². The Balaban J connectivity index is 2.23. The molecule has 0 spiro atoms. The zero-order valence-electron chi connectivity index (χ0n) is 13.0. The van der Waals surface area contributed by atoms with Crippen LogP contribution in [-0.2, 0) is 11.8 Å². The van der Waals surface area contributed by atoms with Crippen LogP contribution in [0.25, 0.3) is 0 Å². The minimum atomic E-state index is -1.24. The number of aliphatic hydroxyl groups excluding tert-OH is 2. The molecule has 8 heteroatoms. The van der Waals surface area contributed by atoms with E-state index in [1.54, 1.807) is 17.8 Å². The van der Waals surface area contributed by atoms with Crippen LogP contribution in [0.15, 0.2) is 11.0 Å². The van der Waals surface area contributed by atoms with Gasteiger partial charge in [0.05, 0.1) is 11.7 Å². The van der Waals surface area contributed by atoms with Crippen LogP contribution >= 0.6 is 19.1 Å². The van der Waals surface area contributed by atoms with Crippen molar-refractivity contribution in [3.05, 3.63) is 26.9 Å². The van der Waals surface area contributed by atoms with E-state index >= 15 is 0 Å². The first-order valence-corrected chi connectivity index (χ1v) is 10.5. The van der Waals surface area contributed by atoms with Crippen LogP contribution in [0, 0.1) is 4.77 Å². The van der Waals surface area contributed by atoms with Crippen molar-refractivity contribution < 1.29 is 14.9 Å². The average Bonchev–Trinajstić information content (AvgIpc) is 2.68. The second-order valence-electron chi connectivity index (χ2n) is 6.48. The van der Waals surface area contributed by atoms with Crippen molar-refractivity contribution in [2.24, 2.45) is 7.05 Å². The maximum Gasteiger partial charge on any atom is 0.257 e. The molecule has 1 aliphatic rings. The number of nitrogens with zero attached hydrogens (tertiary/aromatic N) is 1. The Kier molecular flexibility index (Phi) is 5.14. The lowest BCUT2D eigenvalue weighted by Crippen LogP contribution is -2.32. The smallest absolute Gasteiger partial charge is 0.257 e. The molecule has 22 heavy (non-hydrogen) atoms. The molecule has 1 aliphatic heterocycles. The molecule has 6 nitrogen and oxygen atoms in total. The van der Waals surface area contributed by atoms with Crippen LogP contribution in [0.2, 0.25) is 0 Å². The number of aryl methyl sites for hydroxylation is 1. The number of ether oxygens (including phenoxy) is 1. The van der Waals surface area contributed by atoms with Crippen LogP contribution in [0.3, 0.4) is 0 Å². The standard InChI is InChI=1S/C14H23N2O4PS/c1-16-7-8(13(19)15-14(16)22)12-11(18)10(17)9(20-12)5-6-21(2,3)4/h7,9-12,17-18H,2,5-6H2,1,3-4H3,(H,15,19,22)/t9-,10-,11-,12+/m1/s1. The molecule has 1 saturated heterocycles. The summed E-state index contributed by atoms with van der Waals surface area (Å²) in [6.45, 7) is 2.97. The van der Waals surface area contributed by atoms with Crippen LogP contribution in [-0.4, -0.2) is 63.9 Å². The average molecular weight is 346 g/mol. The second-order valence-corrected chi connectivity index (χ2v) is 11.2. The fourth-order valence-electron chi connectivity index (χ4n) is 2.51. The lowest BCUT2D eigenvalue weighted by atomic mass is 10.0. The van der Waals surface area contributed by atoms with Crippen LogP contribution in [0.1, 0.15) is 18.1 Å². The van der Waals surface area contributed by atoms with E-state index in [0.29, 0.717) is 11.2 Å². The molecule has 0 saturated carbocycles. The highest BCUT2D eigenvalue weighted by molar-refractivity contribution is 7.72. The SMILES string of the molecule is C=P(C)(C)CC[C@H]1O[C@@H](c2cn(C)c(=S)[nH]c2=O)[C@H](O)[C@@H]1O. The highest BCUT2D eigenvalue weighted by atomic mass is 32.1. The van der Waals surface area contributed by atoms with E-state index in [4.69, 9.17) is 17.0 Å². The Bertz CT molecular complexity index is 708. The maximum atomic E-state index is 12.0. The largest absolute Gasteiger partial charge is 0.388 e. The van der Waals surface area contributed by atoms with E-state index in [1.165, 1.54) is 0 Å². The molecule has 124 valence electrons. The van der Waals surface area contributed by atoms with Gasteiger partial charge in [-0.3, -0.25) is 9.78 Å². The molecular weight excluding hydrogens is 323 g/mol. The van der Waals surface area contributed by atoms with Crippen molar-refractivity contribution in [1.82, 2.24) is 9.55 Å². The number of H-pyrrole nitrogens is 1. The lowest BCUT2D eigenvalue weighted by molar-refractivity contribution is 0.00500. The van der Waals surface area contributed by atoms with Crippen LogP contribution < -0.4 is 5.56 Å². The summed E-state index contributed by atoms with van der Waals surface area (Å²) in [6, 6.07) is 0. The van der Waals surface area contributed by atoms with Gasteiger partial charge in [-0.15, -0.1) is 13.2 Å². The molecule has 1 aromatic heterocycles. The predicted octanol–water partition coefficient (Wildman–Crippen LogP) is 0.704. The molecule has 4 atom stereocenters. The molecule has 0 unspecified atom stereocenters. The molecule has 0 aromatic carbocycles. The van der Waals surface area contributed by atoms with Gasteiger partial charge in [0.15, 0.2) is 4.77 Å². The number of aromatic amines is 1. The number of nitrogens with one attached hydrogen (secondary N) is 1. The molecule has 2 heterocycles. The summed E-state index contributed by atoms with van der Waals surface area (Å²) in [5.41, 5.74) is -0.126. The number of hydrogen-bond acceptors (Lipinski definition) is 5. The summed E-state index contributed by atoms with van der Waals surface area (Å²) in [5.74, 6) is 0. The summed E-state index contributed by atoms with van der Waals surface area (Å²) < 4.78 is 7.64. The van der Waals surface area contributed by atoms with Gasteiger partial charge < -0.3 is 19.5 Å². The van der Waals surface area contributed by atoms with Gasteiger partial charge in [-0.2, -0.15) is 0 Å². The highest BCUT2D eigenvalue weighted by Crippen LogP contribution is 2.40. The molecule has 1 fully saturated rings. The Labute approximate surface area is 134 Å². The topological polar surface area (TPSA) is 87.5 Å². The van der Waals surface area contributed by atoms with E-state index in [-0.39, 0.29) is 5.56 Å². The van der Waals surface area contributed by atoms with E-state index in [0.717, 1.165) is 6.16 Å². The van der Waals surface area contributed by atoms with Crippen LogP contribution in [0.4, 0.5) is 0 Å². The van der Waals surface area contributed by atoms with Gasteiger partial charge in [0.2, 0.25) is 0 Å². The molecule has 0 amide bonds. The molecule has 0 bridgehead atoms. The maximum absolute atomic E-state index is 12.0. The fraction of sp³-hybridized carbons (Fsp3) is 0.643. The van der Waals surface area contributed by atoms with Gasteiger partial charge in [-0.05, 0) is 38.1 Å². The van der Waals surface area contributed by atoms with Gasteiger partial charge >= 0.3 is 0 Å².